The van der Waals surface area contributed by atoms with E-state index in [1.54, 1.807) is 0 Å². The van der Waals surface area contributed by atoms with Crippen molar-refractivity contribution >= 4 is 0 Å². The molecule has 1 saturated carbocycles. The van der Waals surface area contributed by atoms with Crippen LogP contribution in [0.15, 0.2) is 12.7 Å². The van der Waals surface area contributed by atoms with Crippen LogP contribution in [0.25, 0.3) is 0 Å². The lowest BCUT2D eigenvalue weighted by atomic mass is 9.81. The summed E-state index contributed by atoms with van der Waals surface area (Å²) in [5.74, 6) is 0.856. The molecule has 0 spiro atoms. The van der Waals surface area contributed by atoms with E-state index in [0.29, 0.717) is 5.41 Å². The highest BCUT2D eigenvalue weighted by atomic mass is 14.4. The van der Waals surface area contributed by atoms with E-state index in [0.717, 1.165) is 5.92 Å². The van der Waals surface area contributed by atoms with Crippen LogP contribution in [0.2, 0.25) is 0 Å². The van der Waals surface area contributed by atoms with Gasteiger partial charge < -0.3 is 0 Å². The van der Waals surface area contributed by atoms with E-state index in [9.17, 15) is 0 Å². The fourth-order valence-corrected chi connectivity index (χ4v) is 1.67. The van der Waals surface area contributed by atoms with Crippen LogP contribution >= 0.6 is 0 Å². The molecule has 52 valence electrons. The van der Waals surface area contributed by atoms with Crippen molar-refractivity contribution in [1.29, 1.82) is 0 Å². The summed E-state index contributed by atoms with van der Waals surface area (Å²) < 4.78 is 0. The van der Waals surface area contributed by atoms with Gasteiger partial charge in [0.05, 0.1) is 0 Å². The van der Waals surface area contributed by atoms with Gasteiger partial charge in [0.2, 0.25) is 0 Å². The third kappa shape index (κ3) is 1.03. The zero-order chi connectivity index (χ0) is 6.91. The number of rotatable bonds is 1. The molecule has 0 aromatic rings. The maximum Gasteiger partial charge on any atom is -0.0124 e. The van der Waals surface area contributed by atoms with Crippen LogP contribution < -0.4 is 0 Å². The average molecular weight is 124 g/mol. The van der Waals surface area contributed by atoms with E-state index in [-0.39, 0.29) is 0 Å². The first kappa shape index (κ1) is 6.85. The van der Waals surface area contributed by atoms with Crippen LogP contribution in [0.1, 0.15) is 33.1 Å². The lowest BCUT2D eigenvalue weighted by Crippen LogP contribution is -2.14. The molecule has 0 heteroatoms. The van der Waals surface area contributed by atoms with Gasteiger partial charge in [-0.15, -0.1) is 6.58 Å². The minimum atomic E-state index is 0.458. The highest BCUT2D eigenvalue weighted by molar-refractivity contribution is 4.98. The third-order valence-corrected chi connectivity index (χ3v) is 2.94. The normalized spacial score (nSPS) is 43.1. The average Bonchev–Trinajstić information content (AvgIpc) is 2.15. The van der Waals surface area contributed by atoms with Gasteiger partial charge in [-0.1, -0.05) is 26.3 Å². The molecule has 0 bridgehead atoms. The molecular weight excluding hydrogens is 108 g/mol. The van der Waals surface area contributed by atoms with E-state index in [4.69, 9.17) is 0 Å². The Hall–Kier alpha value is -0.260. The van der Waals surface area contributed by atoms with Gasteiger partial charge in [-0.05, 0) is 24.2 Å². The van der Waals surface area contributed by atoms with Gasteiger partial charge in [0.15, 0.2) is 0 Å². The van der Waals surface area contributed by atoms with Crippen LogP contribution in [0.4, 0.5) is 0 Å². The second-order valence-corrected chi connectivity index (χ2v) is 3.50. The van der Waals surface area contributed by atoms with Crippen molar-refractivity contribution in [2.45, 2.75) is 33.1 Å². The minimum Gasteiger partial charge on any atom is -0.103 e. The lowest BCUT2D eigenvalue weighted by Gasteiger charge is -2.24. The molecule has 0 radical (unpaired) electrons. The molecule has 0 aromatic carbocycles. The Morgan fingerprint density at radius 3 is 2.56 bits per heavy atom. The van der Waals surface area contributed by atoms with Gasteiger partial charge in [-0.3, -0.25) is 0 Å². The van der Waals surface area contributed by atoms with Gasteiger partial charge in [0.25, 0.3) is 0 Å². The zero-order valence-electron chi connectivity index (χ0n) is 6.48. The van der Waals surface area contributed by atoms with E-state index < -0.39 is 0 Å². The maximum atomic E-state index is 3.86. The number of hydrogen-bond donors (Lipinski definition) is 0. The second-order valence-electron chi connectivity index (χ2n) is 3.50. The summed E-state index contributed by atoms with van der Waals surface area (Å²) >= 11 is 0. The van der Waals surface area contributed by atoms with Crippen LogP contribution in [-0.4, -0.2) is 0 Å². The first-order valence-corrected chi connectivity index (χ1v) is 3.82. The summed E-state index contributed by atoms with van der Waals surface area (Å²) in [6.45, 7) is 8.51. The van der Waals surface area contributed by atoms with E-state index in [2.05, 4.69) is 26.5 Å². The zero-order valence-corrected chi connectivity index (χ0v) is 6.48. The van der Waals surface area contributed by atoms with Gasteiger partial charge >= 0.3 is 0 Å². The molecule has 0 heterocycles. The van der Waals surface area contributed by atoms with Gasteiger partial charge in [0, 0.05) is 0 Å². The topological polar surface area (TPSA) is 0 Å². The Labute approximate surface area is 58.0 Å². The predicted octanol–water partition coefficient (Wildman–Crippen LogP) is 3.00. The first-order chi connectivity index (χ1) is 4.19. The monoisotopic (exact) mass is 124 g/mol. The molecule has 2 atom stereocenters. The van der Waals surface area contributed by atoms with Crippen molar-refractivity contribution in [2.24, 2.45) is 11.3 Å². The Morgan fingerprint density at radius 1 is 1.67 bits per heavy atom. The largest absolute Gasteiger partial charge is 0.103 e. The number of hydrogen-bond acceptors (Lipinski definition) is 0. The van der Waals surface area contributed by atoms with Crippen molar-refractivity contribution < 1.29 is 0 Å². The molecule has 1 unspecified atom stereocenters. The fourth-order valence-electron chi connectivity index (χ4n) is 1.67. The summed E-state index contributed by atoms with van der Waals surface area (Å²) in [5, 5.41) is 0. The molecule has 1 rings (SSSR count). The van der Waals surface area contributed by atoms with Crippen LogP contribution in [0, 0.1) is 11.3 Å². The van der Waals surface area contributed by atoms with E-state index in [1.165, 1.54) is 19.3 Å². The van der Waals surface area contributed by atoms with Gasteiger partial charge in [0.1, 0.15) is 0 Å². The maximum absolute atomic E-state index is 3.86. The van der Waals surface area contributed by atoms with Crippen LogP contribution in [-0.2, 0) is 0 Å². The summed E-state index contributed by atoms with van der Waals surface area (Å²) in [5.41, 5.74) is 0.458. The standard InChI is InChI=1S/C9H16/c1-4-9(3)7-5-6-8(9)2/h4,8H,1,5-7H2,2-3H3/t8-,9?/m0/s1. The Balaban J connectivity index is 2.66. The molecule has 0 aliphatic heterocycles. The Kier molecular flexibility index (Phi) is 1.65. The summed E-state index contributed by atoms with van der Waals surface area (Å²) in [6.07, 6.45) is 6.26. The smallest absolute Gasteiger partial charge is 0.0124 e. The van der Waals surface area contributed by atoms with Crippen molar-refractivity contribution in [3.05, 3.63) is 12.7 Å². The molecule has 0 saturated heterocycles. The van der Waals surface area contributed by atoms with E-state index >= 15 is 0 Å². The molecule has 0 nitrogen and oxygen atoms in total. The summed E-state index contributed by atoms with van der Waals surface area (Å²) in [4.78, 5) is 0. The van der Waals surface area contributed by atoms with Crippen LogP contribution in [0.5, 0.6) is 0 Å². The molecular formula is C9H16. The molecule has 0 N–H and O–H groups in total. The molecule has 0 amide bonds. The SMILES string of the molecule is C=CC1(C)CCC[C@@H]1C. The van der Waals surface area contributed by atoms with Crippen molar-refractivity contribution in [3.8, 4) is 0 Å². The minimum absolute atomic E-state index is 0.458. The highest BCUT2D eigenvalue weighted by Gasteiger charge is 2.32. The molecule has 9 heavy (non-hydrogen) atoms. The summed E-state index contributed by atoms with van der Waals surface area (Å²) in [7, 11) is 0. The van der Waals surface area contributed by atoms with Crippen molar-refractivity contribution in [3.63, 3.8) is 0 Å². The Morgan fingerprint density at radius 2 is 2.33 bits per heavy atom. The van der Waals surface area contributed by atoms with Gasteiger partial charge in [-0.2, -0.15) is 0 Å². The quantitative estimate of drug-likeness (QED) is 0.471. The lowest BCUT2D eigenvalue weighted by molar-refractivity contribution is 0.332. The highest BCUT2D eigenvalue weighted by Crippen LogP contribution is 2.43. The van der Waals surface area contributed by atoms with Crippen LogP contribution in [0.3, 0.4) is 0 Å². The molecule has 1 aliphatic carbocycles. The van der Waals surface area contributed by atoms with Gasteiger partial charge in [-0.25, -0.2) is 0 Å². The first-order valence-electron chi connectivity index (χ1n) is 3.82. The fraction of sp³-hybridized carbons (Fsp3) is 0.778. The van der Waals surface area contributed by atoms with Crippen molar-refractivity contribution in [1.82, 2.24) is 0 Å². The number of allylic oxidation sites excluding steroid dienone is 1. The second kappa shape index (κ2) is 2.17. The Bertz CT molecular complexity index is 115. The third-order valence-electron chi connectivity index (χ3n) is 2.94. The summed E-state index contributed by atoms with van der Waals surface area (Å²) in [6, 6.07) is 0. The van der Waals surface area contributed by atoms with E-state index in [1.807, 2.05) is 0 Å². The molecule has 1 fully saturated rings. The van der Waals surface area contributed by atoms with Crippen molar-refractivity contribution in [2.75, 3.05) is 0 Å². The predicted molar refractivity (Wildman–Crippen MR) is 41.3 cm³/mol. The molecule has 1 aliphatic rings. The molecule has 0 aromatic heterocycles.